The second-order valence-electron chi connectivity index (χ2n) is 3.64. The van der Waals surface area contributed by atoms with Crippen LogP contribution in [0.5, 0.6) is 0 Å². The van der Waals surface area contributed by atoms with E-state index in [0.717, 1.165) is 0 Å². The first-order valence-corrected chi connectivity index (χ1v) is 6.52. The van der Waals surface area contributed by atoms with E-state index in [2.05, 4.69) is 0 Å². The lowest BCUT2D eigenvalue weighted by atomic mass is 10.1. The highest BCUT2D eigenvalue weighted by Gasteiger charge is 2.20. The van der Waals surface area contributed by atoms with Gasteiger partial charge < -0.3 is 4.74 Å². The van der Waals surface area contributed by atoms with Crippen molar-refractivity contribution in [3.05, 3.63) is 35.4 Å². The molecule has 1 heterocycles. The number of cyclic esters (lactones) is 1. The Hall–Kier alpha value is -1.66. The van der Waals surface area contributed by atoms with Crippen molar-refractivity contribution in [2.45, 2.75) is 11.3 Å². The molecule has 1 fully saturated rings. The van der Waals surface area contributed by atoms with Crippen molar-refractivity contribution in [3.8, 4) is 0 Å². The predicted molar refractivity (Wildman–Crippen MR) is 61.4 cm³/mol. The molecule has 0 atom stereocenters. The molecule has 5 nitrogen and oxygen atoms in total. The Labute approximate surface area is 98.9 Å². The Morgan fingerprint density at radius 2 is 2.00 bits per heavy atom. The summed E-state index contributed by atoms with van der Waals surface area (Å²) in [6.07, 6.45) is 1.99. The molecule has 0 aromatic heterocycles. The molecule has 0 amide bonds. The summed E-state index contributed by atoms with van der Waals surface area (Å²) in [6, 6.07) is 6.26. The van der Waals surface area contributed by atoms with Crippen LogP contribution in [0.15, 0.2) is 34.7 Å². The van der Waals surface area contributed by atoms with Crippen molar-refractivity contribution in [1.82, 2.24) is 0 Å². The largest absolute Gasteiger partial charge is 0.462 e. The van der Waals surface area contributed by atoms with Crippen LogP contribution in [0.3, 0.4) is 0 Å². The zero-order valence-corrected chi connectivity index (χ0v) is 9.74. The number of ether oxygens (including phenoxy) is 1. The van der Waals surface area contributed by atoms with E-state index in [1.54, 1.807) is 18.2 Å². The topological polar surface area (TPSA) is 86.5 Å². The normalized spacial score (nSPS) is 18.4. The van der Waals surface area contributed by atoms with E-state index in [0.29, 0.717) is 24.2 Å². The molecule has 2 N–H and O–H groups in total. The highest BCUT2D eigenvalue weighted by molar-refractivity contribution is 7.89. The van der Waals surface area contributed by atoms with Gasteiger partial charge in [0, 0.05) is 12.0 Å². The van der Waals surface area contributed by atoms with Crippen LogP contribution < -0.4 is 5.14 Å². The van der Waals surface area contributed by atoms with Gasteiger partial charge in [-0.15, -0.1) is 0 Å². The van der Waals surface area contributed by atoms with Crippen molar-refractivity contribution in [2.24, 2.45) is 5.14 Å². The van der Waals surface area contributed by atoms with E-state index in [-0.39, 0.29) is 4.90 Å². The van der Waals surface area contributed by atoms with E-state index in [1.807, 2.05) is 0 Å². The fourth-order valence-electron chi connectivity index (χ4n) is 1.63. The summed E-state index contributed by atoms with van der Waals surface area (Å²) in [4.78, 5) is 11.3. The van der Waals surface area contributed by atoms with E-state index in [1.165, 1.54) is 12.1 Å². The SMILES string of the molecule is NS(=O)(=O)c1ccccc1C=C1CCOC1=O. The van der Waals surface area contributed by atoms with Gasteiger partial charge in [0.05, 0.1) is 11.5 Å². The van der Waals surface area contributed by atoms with Gasteiger partial charge >= 0.3 is 5.97 Å². The number of carbonyl (C=O) groups is 1. The molecule has 0 spiro atoms. The summed E-state index contributed by atoms with van der Waals surface area (Å²) in [6.45, 7) is 0.336. The second-order valence-corrected chi connectivity index (χ2v) is 5.17. The van der Waals surface area contributed by atoms with E-state index in [9.17, 15) is 13.2 Å². The van der Waals surface area contributed by atoms with E-state index < -0.39 is 16.0 Å². The summed E-state index contributed by atoms with van der Waals surface area (Å²) < 4.78 is 27.5. The Morgan fingerprint density at radius 3 is 2.59 bits per heavy atom. The molecule has 0 unspecified atom stereocenters. The van der Waals surface area contributed by atoms with Gasteiger partial charge in [-0.05, 0) is 17.7 Å². The molecule has 2 rings (SSSR count). The summed E-state index contributed by atoms with van der Waals surface area (Å²) >= 11 is 0. The van der Waals surface area contributed by atoms with Crippen molar-refractivity contribution < 1.29 is 17.9 Å². The van der Waals surface area contributed by atoms with E-state index in [4.69, 9.17) is 9.88 Å². The summed E-state index contributed by atoms with van der Waals surface area (Å²) in [5, 5.41) is 5.09. The van der Waals surface area contributed by atoms with Crippen LogP contribution in [-0.2, 0) is 19.6 Å². The van der Waals surface area contributed by atoms with Crippen molar-refractivity contribution in [2.75, 3.05) is 6.61 Å². The first kappa shape index (κ1) is 11.8. The number of hydrogen-bond acceptors (Lipinski definition) is 4. The smallest absolute Gasteiger partial charge is 0.334 e. The van der Waals surface area contributed by atoms with Gasteiger partial charge in [-0.1, -0.05) is 18.2 Å². The highest BCUT2D eigenvalue weighted by atomic mass is 32.2. The third-order valence-corrected chi connectivity index (χ3v) is 3.41. The molecular weight excluding hydrogens is 242 g/mol. The number of primary sulfonamides is 1. The van der Waals surface area contributed by atoms with Crippen molar-refractivity contribution in [1.29, 1.82) is 0 Å². The maximum Gasteiger partial charge on any atom is 0.334 e. The lowest BCUT2D eigenvalue weighted by molar-refractivity contribution is -0.134. The van der Waals surface area contributed by atoms with Gasteiger partial charge in [0.2, 0.25) is 10.0 Å². The van der Waals surface area contributed by atoms with E-state index >= 15 is 0 Å². The van der Waals surface area contributed by atoms with Crippen molar-refractivity contribution in [3.63, 3.8) is 0 Å². The number of nitrogens with two attached hydrogens (primary N) is 1. The summed E-state index contributed by atoms with van der Waals surface area (Å²) in [7, 11) is -3.79. The van der Waals surface area contributed by atoms with Crippen LogP contribution in [0.25, 0.3) is 6.08 Å². The molecule has 0 bridgehead atoms. The summed E-state index contributed by atoms with van der Waals surface area (Å²) in [5.41, 5.74) is 0.866. The number of hydrogen-bond donors (Lipinski definition) is 1. The lowest BCUT2D eigenvalue weighted by Crippen LogP contribution is -2.13. The maximum absolute atomic E-state index is 11.3. The van der Waals surface area contributed by atoms with Gasteiger partial charge in [0.25, 0.3) is 0 Å². The third kappa shape index (κ3) is 2.54. The molecule has 17 heavy (non-hydrogen) atoms. The van der Waals surface area contributed by atoms with Crippen LogP contribution in [-0.4, -0.2) is 21.0 Å². The van der Waals surface area contributed by atoms with Crippen LogP contribution in [0.4, 0.5) is 0 Å². The Balaban J connectivity index is 2.50. The third-order valence-electron chi connectivity index (χ3n) is 2.42. The van der Waals surface area contributed by atoms with Gasteiger partial charge in [-0.25, -0.2) is 18.4 Å². The zero-order chi connectivity index (χ0) is 12.5. The monoisotopic (exact) mass is 253 g/mol. The molecule has 1 aromatic rings. The molecule has 0 saturated carbocycles. The number of benzene rings is 1. The molecule has 1 saturated heterocycles. The first-order valence-electron chi connectivity index (χ1n) is 4.98. The molecule has 1 aliphatic heterocycles. The van der Waals surface area contributed by atoms with Gasteiger partial charge in [-0.3, -0.25) is 0 Å². The first-order chi connectivity index (χ1) is 7.98. The fourth-order valence-corrected chi connectivity index (χ4v) is 2.35. The average molecular weight is 253 g/mol. The number of sulfonamides is 1. The highest BCUT2D eigenvalue weighted by Crippen LogP contribution is 2.21. The van der Waals surface area contributed by atoms with Gasteiger partial charge in [0.1, 0.15) is 0 Å². The number of rotatable bonds is 2. The Kier molecular flexibility index (Phi) is 2.99. The number of esters is 1. The molecule has 1 aromatic carbocycles. The average Bonchev–Trinajstić information content (AvgIpc) is 2.64. The van der Waals surface area contributed by atoms with Crippen LogP contribution >= 0.6 is 0 Å². The molecule has 90 valence electrons. The van der Waals surface area contributed by atoms with Crippen LogP contribution in [0, 0.1) is 0 Å². The van der Waals surface area contributed by atoms with Gasteiger partial charge in [-0.2, -0.15) is 0 Å². The zero-order valence-electron chi connectivity index (χ0n) is 8.92. The summed E-state index contributed by atoms with van der Waals surface area (Å²) in [5.74, 6) is -0.408. The van der Waals surface area contributed by atoms with Crippen LogP contribution in [0.2, 0.25) is 0 Å². The molecule has 0 radical (unpaired) electrons. The predicted octanol–water partition coefficient (Wildman–Crippen LogP) is 0.664. The van der Waals surface area contributed by atoms with Gasteiger partial charge in [0.15, 0.2) is 0 Å². The standard InChI is InChI=1S/C11H11NO4S/c12-17(14,15)10-4-2-1-3-8(10)7-9-5-6-16-11(9)13/h1-4,7H,5-6H2,(H2,12,14,15). The molecule has 1 aliphatic rings. The minimum atomic E-state index is -3.79. The minimum Gasteiger partial charge on any atom is -0.462 e. The van der Waals surface area contributed by atoms with Crippen LogP contribution in [0.1, 0.15) is 12.0 Å². The maximum atomic E-state index is 11.3. The Bertz CT molecular complexity index is 589. The second kappa shape index (κ2) is 4.31. The molecule has 0 aliphatic carbocycles. The fraction of sp³-hybridized carbons (Fsp3) is 0.182. The quantitative estimate of drug-likeness (QED) is 0.619. The lowest BCUT2D eigenvalue weighted by Gasteiger charge is -2.03. The molecular formula is C11H11NO4S. The van der Waals surface area contributed by atoms with Crippen molar-refractivity contribution >= 4 is 22.1 Å². The molecule has 6 heteroatoms. The minimum absolute atomic E-state index is 0.00667. The Morgan fingerprint density at radius 1 is 1.29 bits per heavy atom. The number of carbonyl (C=O) groups excluding carboxylic acids is 1.